The molecule has 4 unspecified atom stereocenters. The standard InChI is InChI=1S/C19H22NO2/c1-13-17(15-9-5-3-6-10-15)20(22)18(14(2)19(13)21)16-11-7-4-8-12-16/h3-14,17-19,21H,1-2H3/q-1. The molecule has 2 aromatic carbocycles. The van der Waals surface area contributed by atoms with Crippen LogP contribution in [0.25, 0.3) is 0 Å². The highest BCUT2D eigenvalue weighted by Crippen LogP contribution is 2.47. The fraction of sp³-hybridized carbons (Fsp3) is 0.368. The maximum atomic E-state index is 13.1. The average Bonchev–Trinajstić information content (AvgIpc) is 2.55. The molecule has 0 radical (unpaired) electrons. The van der Waals surface area contributed by atoms with Crippen LogP contribution in [0.15, 0.2) is 60.7 Å². The van der Waals surface area contributed by atoms with Gasteiger partial charge in [0.1, 0.15) is 0 Å². The van der Waals surface area contributed by atoms with Gasteiger partial charge in [-0.3, -0.25) is 0 Å². The molecule has 0 saturated carbocycles. The number of rotatable bonds is 2. The summed E-state index contributed by atoms with van der Waals surface area (Å²) in [5.74, 6) is -0.204. The fourth-order valence-electron chi connectivity index (χ4n) is 3.69. The van der Waals surface area contributed by atoms with Crippen molar-refractivity contribution in [2.45, 2.75) is 32.0 Å². The summed E-state index contributed by atoms with van der Waals surface area (Å²) in [6.45, 7) is 3.93. The number of hydrogen-bond acceptors (Lipinski definition) is 3. The highest BCUT2D eigenvalue weighted by Gasteiger charge is 2.41. The van der Waals surface area contributed by atoms with Gasteiger partial charge in [-0.15, -0.1) is 0 Å². The Morgan fingerprint density at radius 3 is 1.50 bits per heavy atom. The van der Waals surface area contributed by atoms with Crippen LogP contribution in [-0.4, -0.2) is 16.3 Å². The third-order valence-electron chi connectivity index (χ3n) is 4.90. The Balaban J connectivity index is 2.01. The zero-order valence-corrected chi connectivity index (χ0v) is 13.0. The van der Waals surface area contributed by atoms with E-state index in [0.717, 1.165) is 11.1 Å². The molecular formula is C19H22NO2-. The molecule has 1 aliphatic rings. The van der Waals surface area contributed by atoms with Gasteiger partial charge in [-0.25, -0.2) is 0 Å². The molecular weight excluding hydrogens is 274 g/mol. The first-order chi connectivity index (χ1) is 10.6. The minimum atomic E-state index is -0.499. The van der Waals surface area contributed by atoms with Crippen molar-refractivity contribution in [3.05, 3.63) is 77.0 Å². The summed E-state index contributed by atoms with van der Waals surface area (Å²) >= 11 is 0. The zero-order valence-electron chi connectivity index (χ0n) is 13.0. The molecule has 2 aromatic rings. The summed E-state index contributed by atoms with van der Waals surface area (Å²) in [7, 11) is 0. The summed E-state index contributed by atoms with van der Waals surface area (Å²) in [4.78, 5) is 0. The molecule has 22 heavy (non-hydrogen) atoms. The summed E-state index contributed by atoms with van der Waals surface area (Å²) in [6, 6.07) is 18.9. The smallest absolute Gasteiger partial charge is 0.0627 e. The maximum absolute atomic E-state index is 13.1. The second-order valence-electron chi connectivity index (χ2n) is 6.28. The number of hydroxylamine groups is 2. The van der Waals surface area contributed by atoms with Gasteiger partial charge in [-0.2, -0.15) is 0 Å². The van der Waals surface area contributed by atoms with Gasteiger partial charge in [0, 0.05) is 23.9 Å². The van der Waals surface area contributed by atoms with Crippen LogP contribution < -0.4 is 0 Å². The van der Waals surface area contributed by atoms with Crippen LogP contribution >= 0.6 is 0 Å². The van der Waals surface area contributed by atoms with Crippen LogP contribution in [-0.2, 0) is 0 Å². The number of benzene rings is 2. The highest BCUT2D eigenvalue weighted by molar-refractivity contribution is 5.26. The van der Waals surface area contributed by atoms with E-state index in [2.05, 4.69) is 0 Å². The van der Waals surface area contributed by atoms with Gasteiger partial charge in [0.05, 0.1) is 6.10 Å². The second kappa shape index (κ2) is 6.21. The first kappa shape index (κ1) is 15.2. The molecule has 3 nitrogen and oxygen atoms in total. The predicted octanol–water partition coefficient (Wildman–Crippen LogP) is 3.92. The molecule has 3 heteroatoms. The largest absolute Gasteiger partial charge is 0.784 e. The van der Waals surface area contributed by atoms with E-state index in [1.807, 2.05) is 74.5 Å². The quantitative estimate of drug-likeness (QED) is 0.913. The molecule has 0 amide bonds. The van der Waals surface area contributed by atoms with E-state index in [-0.39, 0.29) is 23.9 Å². The number of piperidine rings is 1. The van der Waals surface area contributed by atoms with E-state index in [9.17, 15) is 10.3 Å². The highest BCUT2D eigenvalue weighted by atomic mass is 16.5. The van der Waals surface area contributed by atoms with Gasteiger partial charge >= 0.3 is 0 Å². The molecule has 1 aliphatic heterocycles. The molecule has 0 aliphatic carbocycles. The molecule has 116 valence electrons. The van der Waals surface area contributed by atoms with Crippen molar-refractivity contribution in [1.82, 2.24) is 5.06 Å². The SMILES string of the molecule is CC1C(O)C(C)C(c2ccccc2)N([O-])C1c1ccccc1. The number of aliphatic hydroxyl groups is 1. The summed E-state index contributed by atoms with van der Waals surface area (Å²) in [6.07, 6.45) is -0.499. The Hall–Kier alpha value is -1.68. The zero-order chi connectivity index (χ0) is 15.7. The number of aliphatic hydroxyl groups excluding tert-OH is 1. The van der Waals surface area contributed by atoms with E-state index >= 15 is 0 Å². The first-order valence-electron chi connectivity index (χ1n) is 7.84. The van der Waals surface area contributed by atoms with Crippen LogP contribution in [0.1, 0.15) is 37.1 Å². The van der Waals surface area contributed by atoms with E-state index < -0.39 is 6.10 Å². The molecule has 0 aromatic heterocycles. The molecule has 3 rings (SSSR count). The van der Waals surface area contributed by atoms with Crippen molar-refractivity contribution < 1.29 is 5.11 Å². The lowest BCUT2D eigenvalue weighted by atomic mass is 9.74. The van der Waals surface area contributed by atoms with Crippen LogP contribution in [0.3, 0.4) is 0 Å². The van der Waals surface area contributed by atoms with Crippen molar-refractivity contribution in [2.24, 2.45) is 11.8 Å². The molecule has 1 fully saturated rings. The monoisotopic (exact) mass is 296 g/mol. The normalized spacial score (nSPS) is 32.8. The number of hydrogen-bond donors (Lipinski definition) is 1. The van der Waals surface area contributed by atoms with Gasteiger partial charge < -0.3 is 15.4 Å². The van der Waals surface area contributed by atoms with Crippen LogP contribution in [0.2, 0.25) is 0 Å². The molecule has 0 bridgehead atoms. The summed E-state index contributed by atoms with van der Waals surface area (Å²) < 4.78 is 0. The van der Waals surface area contributed by atoms with Gasteiger partial charge in [-0.1, -0.05) is 74.5 Å². The third-order valence-corrected chi connectivity index (χ3v) is 4.90. The maximum Gasteiger partial charge on any atom is 0.0627 e. The van der Waals surface area contributed by atoms with Crippen LogP contribution in [0, 0.1) is 17.0 Å². The number of nitrogens with zero attached hydrogens (tertiary/aromatic N) is 1. The summed E-state index contributed by atoms with van der Waals surface area (Å²) in [5.41, 5.74) is 1.94. The van der Waals surface area contributed by atoms with Crippen molar-refractivity contribution in [3.8, 4) is 0 Å². The topological polar surface area (TPSA) is 46.5 Å². The average molecular weight is 296 g/mol. The van der Waals surface area contributed by atoms with Crippen LogP contribution in [0.4, 0.5) is 0 Å². The van der Waals surface area contributed by atoms with Crippen molar-refractivity contribution in [3.63, 3.8) is 0 Å². The minimum absolute atomic E-state index is 0.102. The van der Waals surface area contributed by atoms with Crippen molar-refractivity contribution in [1.29, 1.82) is 0 Å². The van der Waals surface area contributed by atoms with Gasteiger partial charge in [0.15, 0.2) is 0 Å². The molecule has 4 atom stereocenters. The molecule has 1 N–H and O–H groups in total. The Bertz CT molecular complexity index is 548. The first-order valence-corrected chi connectivity index (χ1v) is 7.84. The van der Waals surface area contributed by atoms with E-state index in [4.69, 9.17) is 0 Å². The predicted molar refractivity (Wildman–Crippen MR) is 87.9 cm³/mol. The van der Waals surface area contributed by atoms with E-state index in [1.165, 1.54) is 5.06 Å². The van der Waals surface area contributed by atoms with Crippen molar-refractivity contribution in [2.75, 3.05) is 0 Å². The van der Waals surface area contributed by atoms with Gasteiger partial charge in [-0.05, 0) is 11.1 Å². The lowest BCUT2D eigenvalue weighted by molar-refractivity contribution is -0.0651. The van der Waals surface area contributed by atoms with E-state index in [1.54, 1.807) is 0 Å². The molecule has 1 heterocycles. The Morgan fingerprint density at radius 2 is 1.14 bits per heavy atom. The third kappa shape index (κ3) is 2.56. The Kier molecular flexibility index (Phi) is 4.30. The van der Waals surface area contributed by atoms with E-state index in [0.29, 0.717) is 0 Å². The fourth-order valence-corrected chi connectivity index (χ4v) is 3.69. The van der Waals surface area contributed by atoms with Gasteiger partial charge in [0.25, 0.3) is 0 Å². The second-order valence-corrected chi connectivity index (χ2v) is 6.28. The minimum Gasteiger partial charge on any atom is -0.784 e. The summed E-state index contributed by atoms with van der Waals surface area (Å²) in [5, 5.41) is 24.9. The lowest BCUT2D eigenvalue weighted by Crippen LogP contribution is -2.49. The molecule has 0 spiro atoms. The van der Waals surface area contributed by atoms with Crippen molar-refractivity contribution >= 4 is 0 Å². The Morgan fingerprint density at radius 1 is 0.773 bits per heavy atom. The Labute approximate surface area is 131 Å². The van der Waals surface area contributed by atoms with Crippen LogP contribution in [0.5, 0.6) is 0 Å². The lowest BCUT2D eigenvalue weighted by Gasteiger charge is -2.55. The van der Waals surface area contributed by atoms with Gasteiger partial charge in [0.2, 0.25) is 0 Å². The molecule has 1 saturated heterocycles.